The second-order valence-electron chi connectivity index (χ2n) is 6.19. The molecule has 1 saturated heterocycles. The van der Waals surface area contributed by atoms with E-state index in [0.29, 0.717) is 5.69 Å². The lowest BCUT2D eigenvalue weighted by molar-refractivity contribution is 0.0689. The summed E-state index contributed by atoms with van der Waals surface area (Å²) in [6, 6.07) is 4.92. The third kappa shape index (κ3) is 4.20. The summed E-state index contributed by atoms with van der Waals surface area (Å²) in [5.41, 5.74) is 6.59. The fourth-order valence-electron chi connectivity index (χ4n) is 2.94. The summed E-state index contributed by atoms with van der Waals surface area (Å²) in [6.45, 7) is 1.71. The monoisotopic (exact) mass is 369 g/mol. The Hall–Kier alpha value is -3.49. The van der Waals surface area contributed by atoms with Crippen LogP contribution in [-0.2, 0) is 0 Å². The molecule has 140 valence electrons. The molecule has 27 heavy (non-hydrogen) atoms. The number of nitrogens with one attached hydrogen (secondary N) is 1. The van der Waals surface area contributed by atoms with Crippen LogP contribution in [0.25, 0.3) is 0 Å². The van der Waals surface area contributed by atoms with Gasteiger partial charge in [-0.05, 0) is 37.5 Å². The Morgan fingerprint density at radius 2 is 1.70 bits per heavy atom. The Morgan fingerprint density at radius 3 is 2.30 bits per heavy atom. The molecule has 0 aliphatic carbocycles. The number of piperidine rings is 1. The van der Waals surface area contributed by atoms with Crippen molar-refractivity contribution in [1.29, 1.82) is 0 Å². The van der Waals surface area contributed by atoms with E-state index >= 15 is 0 Å². The number of nitrogens with two attached hydrogens (primary N) is 1. The summed E-state index contributed by atoms with van der Waals surface area (Å²) in [4.78, 5) is 44.5. The van der Waals surface area contributed by atoms with Crippen molar-refractivity contribution in [3.63, 3.8) is 0 Å². The normalized spacial score (nSPS) is 13.9. The van der Waals surface area contributed by atoms with Crippen molar-refractivity contribution in [2.75, 3.05) is 23.3 Å². The molecule has 1 fully saturated rings. The molecule has 0 unspecified atom stereocenters. The zero-order valence-corrected chi connectivity index (χ0v) is 14.5. The molecule has 2 aromatic rings. The molecule has 0 radical (unpaired) electrons. The number of carbonyl (C=O) groups is 3. The van der Waals surface area contributed by atoms with Crippen LogP contribution in [0.2, 0.25) is 0 Å². The largest absolute Gasteiger partial charge is 0.476 e. The van der Waals surface area contributed by atoms with E-state index in [1.54, 1.807) is 12.1 Å². The Kier molecular flexibility index (Phi) is 5.30. The number of carbonyl (C=O) groups excluding carboxylic acids is 2. The van der Waals surface area contributed by atoms with E-state index in [2.05, 4.69) is 20.2 Å². The standard InChI is InChI=1S/C18H19N5O4/c19-16(24)11-4-5-15(23-6-2-1-3-7-23)12(8-11)22-17(25)13-9-21-14(10-20-13)18(26)27/h4-5,8-10H,1-3,6-7H2,(H2,19,24)(H,22,25)(H,26,27). The van der Waals surface area contributed by atoms with Crippen LogP contribution in [0.5, 0.6) is 0 Å². The van der Waals surface area contributed by atoms with Crippen molar-refractivity contribution in [3.05, 3.63) is 47.5 Å². The van der Waals surface area contributed by atoms with Gasteiger partial charge in [0.15, 0.2) is 5.69 Å². The average Bonchev–Trinajstić information content (AvgIpc) is 2.68. The van der Waals surface area contributed by atoms with Crippen molar-refractivity contribution >= 4 is 29.2 Å². The van der Waals surface area contributed by atoms with Crippen molar-refractivity contribution in [2.45, 2.75) is 19.3 Å². The Balaban J connectivity index is 1.88. The summed E-state index contributed by atoms with van der Waals surface area (Å²) >= 11 is 0. The highest BCUT2D eigenvalue weighted by atomic mass is 16.4. The number of aromatic carboxylic acids is 1. The third-order valence-corrected chi connectivity index (χ3v) is 4.33. The predicted molar refractivity (Wildman–Crippen MR) is 98.0 cm³/mol. The van der Waals surface area contributed by atoms with E-state index in [0.717, 1.165) is 50.4 Å². The highest BCUT2D eigenvalue weighted by molar-refractivity contribution is 6.06. The molecule has 2 amide bonds. The molecule has 1 aromatic carbocycles. The Morgan fingerprint density at radius 1 is 1.04 bits per heavy atom. The van der Waals surface area contributed by atoms with Crippen LogP contribution in [0.3, 0.4) is 0 Å². The van der Waals surface area contributed by atoms with Crippen LogP contribution in [-0.4, -0.2) is 45.9 Å². The maximum Gasteiger partial charge on any atom is 0.356 e. The molecule has 0 bridgehead atoms. The van der Waals surface area contributed by atoms with E-state index in [1.807, 2.05) is 0 Å². The van der Waals surface area contributed by atoms with Gasteiger partial charge in [0, 0.05) is 18.7 Å². The number of amides is 2. The second kappa shape index (κ2) is 7.81. The van der Waals surface area contributed by atoms with E-state index in [-0.39, 0.29) is 17.0 Å². The lowest BCUT2D eigenvalue weighted by Gasteiger charge is -2.30. The third-order valence-electron chi connectivity index (χ3n) is 4.33. The maximum atomic E-state index is 12.5. The number of aromatic nitrogens is 2. The topological polar surface area (TPSA) is 139 Å². The molecule has 9 nitrogen and oxygen atoms in total. The minimum absolute atomic E-state index is 0.0333. The van der Waals surface area contributed by atoms with Crippen LogP contribution < -0.4 is 16.0 Å². The quantitative estimate of drug-likeness (QED) is 0.726. The molecular formula is C18H19N5O4. The van der Waals surface area contributed by atoms with Crippen LogP contribution in [0.1, 0.15) is 50.6 Å². The van der Waals surface area contributed by atoms with Gasteiger partial charge >= 0.3 is 5.97 Å². The molecular weight excluding hydrogens is 350 g/mol. The van der Waals surface area contributed by atoms with E-state index in [1.165, 1.54) is 6.07 Å². The number of carboxylic acid groups (broad SMARTS) is 1. The number of nitrogens with zero attached hydrogens (tertiary/aromatic N) is 3. The Bertz CT molecular complexity index is 876. The van der Waals surface area contributed by atoms with Crippen LogP contribution in [0.15, 0.2) is 30.6 Å². The highest BCUT2D eigenvalue weighted by Crippen LogP contribution is 2.30. The number of hydrogen-bond acceptors (Lipinski definition) is 6. The van der Waals surface area contributed by atoms with Gasteiger partial charge in [-0.15, -0.1) is 0 Å². The lowest BCUT2D eigenvalue weighted by Crippen LogP contribution is -2.30. The fraction of sp³-hybridized carbons (Fsp3) is 0.278. The molecule has 1 aromatic heterocycles. The molecule has 1 aliphatic rings. The summed E-state index contributed by atoms with van der Waals surface area (Å²) in [6.07, 6.45) is 5.36. The van der Waals surface area contributed by atoms with Gasteiger partial charge in [0.25, 0.3) is 5.91 Å². The molecule has 9 heteroatoms. The van der Waals surface area contributed by atoms with Crippen molar-refractivity contribution in [2.24, 2.45) is 5.73 Å². The zero-order chi connectivity index (χ0) is 19.4. The van der Waals surface area contributed by atoms with Gasteiger partial charge in [0.05, 0.1) is 23.8 Å². The number of hydrogen-bond donors (Lipinski definition) is 3. The van der Waals surface area contributed by atoms with Gasteiger partial charge in [0.1, 0.15) is 5.69 Å². The van der Waals surface area contributed by atoms with Crippen molar-refractivity contribution in [3.8, 4) is 0 Å². The van der Waals surface area contributed by atoms with Gasteiger partial charge < -0.3 is 21.1 Å². The molecule has 4 N–H and O–H groups in total. The second-order valence-corrected chi connectivity index (χ2v) is 6.19. The summed E-state index contributed by atoms with van der Waals surface area (Å²) in [7, 11) is 0. The molecule has 1 aliphatic heterocycles. The van der Waals surface area contributed by atoms with E-state index in [9.17, 15) is 14.4 Å². The molecule has 0 atom stereocenters. The predicted octanol–water partition coefficient (Wildman–Crippen LogP) is 1.52. The van der Waals surface area contributed by atoms with E-state index in [4.69, 9.17) is 10.8 Å². The van der Waals surface area contributed by atoms with Gasteiger partial charge in [-0.25, -0.2) is 14.8 Å². The minimum atomic E-state index is -1.23. The Labute approximate surface area is 155 Å². The zero-order valence-electron chi connectivity index (χ0n) is 14.5. The van der Waals surface area contributed by atoms with Crippen LogP contribution >= 0.6 is 0 Å². The first-order valence-corrected chi connectivity index (χ1v) is 8.51. The van der Waals surface area contributed by atoms with Gasteiger partial charge in [-0.2, -0.15) is 0 Å². The molecule has 3 rings (SSSR count). The van der Waals surface area contributed by atoms with Crippen molar-refractivity contribution in [1.82, 2.24) is 9.97 Å². The first-order valence-electron chi connectivity index (χ1n) is 8.51. The first kappa shape index (κ1) is 18.3. The number of carboxylic acids is 1. The smallest absolute Gasteiger partial charge is 0.356 e. The summed E-state index contributed by atoms with van der Waals surface area (Å²) < 4.78 is 0. The van der Waals surface area contributed by atoms with Crippen molar-refractivity contribution < 1.29 is 19.5 Å². The first-order chi connectivity index (χ1) is 13.0. The maximum absolute atomic E-state index is 12.5. The SMILES string of the molecule is NC(=O)c1ccc(N2CCCCC2)c(NC(=O)c2cnc(C(=O)O)cn2)c1. The summed E-state index contributed by atoms with van der Waals surface area (Å²) in [5, 5.41) is 11.6. The number of benzene rings is 1. The van der Waals surface area contributed by atoms with Gasteiger partial charge in [0.2, 0.25) is 5.91 Å². The molecule has 0 saturated carbocycles. The van der Waals surface area contributed by atoms with Crippen LogP contribution in [0, 0.1) is 0 Å². The number of rotatable bonds is 5. The van der Waals surface area contributed by atoms with Gasteiger partial charge in [-0.3, -0.25) is 9.59 Å². The minimum Gasteiger partial charge on any atom is -0.476 e. The molecule has 2 heterocycles. The average molecular weight is 369 g/mol. The van der Waals surface area contributed by atoms with Crippen LogP contribution in [0.4, 0.5) is 11.4 Å². The number of anilines is 2. The highest BCUT2D eigenvalue weighted by Gasteiger charge is 2.19. The molecule has 0 spiro atoms. The van der Waals surface area contributed by atoms with Gasteiger partial charge in [-0.1, -0.05) is 0 Å². The van der Waals surface area contributed by atoms with E-state index < -0.39 is 17.8 Å². The number of primary amides is 1. The fourth-order valence-corrected chi connectivity index (χ4v) is 2.94. The lowest BCUT2D eigenvalue weighted by atomic mass is 10.1. The summed E-state index contributed by atoms with van der Waals surface area (Å²) in [5.74, 6) is -2.38.